The molecule has 3 N–H and O–H groups in total. The third-order valence-corrected chi connectivity index (χ3v) is 3.49. The molecule has 7 heteroatoms. The SMILES string of the molecule is COc1ccc(-c2nc(S[C@@H](C)C(N)=O)n[nH]2)cc1. The molecule has 1 aromatic heterocycles. The van der Waals surface area contributed by atoms with Crippen LogP contribution < -0.4 is 10.5 Å². The average molecular weight is 278 g/mol. The summed E-state index contributed by atoms with van der Waals surface area (Å²) in [7, 11) is 1.61. The van der Waals surface area contributed by atoms with Crippen LogP contribution in [0.4, 0.5) is 0 Å². The number of nitrogens with two attached hydrogens (primary N) is 1. The monoisotopic (exact) mass is 278 g/mol. The summed E-state index contributed by atoms with van der Waals surface area (Å²) in [6.45, 7) is 1.72. The van der Waals surface area contributed by atoms with Crippen LogP contribution in [0.2, 0.25) is 0 Å². The highest BCUT2D eigenvalue weighted by molar-refractivity contribution is 8.00. The fourth-order valence-corrected chi connectivity index (χ4v) is 2.07. The molecule has 19 heavy (non-hydrogen) atoms. The molecule has 0 unspecified atom stereocenters. The zero-order chi connectivity index (χ0) is 13.8. The molecule has 0 spiro atoms. The van der Waals surface area contributed by atoms with E-state index in [1.807, 2.05) is 24.3 Å². The van der Waals surface area contributed by atoms with Gasteiger partial charge in [-0.1, -0.05) is 11.8 Å². The van der Waals surface area contributed by atoms with E-state index in [1.54, 1.807) is 14.0 Å². The number of carbonyl (C=O) groups is 1. The maximum Gasteiger partial charge on any atom is 0.230 e. The molecule has 0 aliphatic carbocycles. The minimum absolute atomic E-state index is 0.362. The first-order valence-electron chi connectivity index (χ1n) is 5.63. The van der Waals surface area contributed by atoms with Crippen molar-refractivity contribution in [2.24, 2.45) is 5.73 Å². The smallest absolute Gasteiger partial charge is 0.230 e. The quantitative estimate of drug-likeness (QED) is 0.807. The minimum Gasteiger partial charge on any atom is -0.497 e. The number of ether oxygens (including phenoxy) is 1. The molecule has 1 atom stereocenters. The minimum atomic E-state index is -0.388. The molecule has 0 saturated carbocycles. The van der Waals surface area contributed by atoms with Crippen molar-refractivity contribution in [1.29, 1.82) is 0 Å². The summed E-state index contributed by atoms with van der Waals surface area (Å²) in [6, 6.07) is 7.45. The summed E-state index contributed by atoms with van der Waals surface area (Å²) < 4.78 is 5.09. The Kier molecular flexibility index (Phi) is 4.06. The number of methoxy groups -OCH3 is 1. The first kappa shape index (κ1) is 13.4. The van der Waals surface area contributed by atoms with Gasteiger partial charge in [-0.2, -0.15) is 0 Å². The third-order valence-electron chi connectivity index (χ3n) is 2.51. The molecule has 0 fully saturated rings. The van der Waals surface area contributed by atoms with Gasteiger partial charge in [-0.3, -0.25) is 9.89 Å². The molecule has 0 aliphatic rings. The Balaban J connectivity index is 2.13. The number of amides is 1. The summed E-state index contributed by atoms with van der Waals surface area (Å²) in [5, 5.41) is 7.01. The van der Waals surface area contributed by atoms with Gasteiger partial charge in [0.2, 0.25) is 11.1 Å². The molecule has 100 valence electrons. The van der Waals surface area contributed by atoms with Crippen LogP contribution in [0.15, 0.2) is 29.4 Å². The maximum absolute atomic E-state index is 11.0. The lowest BCUT2D eigenvalue weighted by atomic mass is 10.2. The van der Waals surface area contributed by atoms with Crippen molar-refractivity contribution in [3.8, 4) is 17.1 Å². The van der Waals surface area contributed by atoms with Crippen molar-refractivity contribution in [2.75, 3.05) is 7.11 Å². The second kappa shape index (κ2) is 5.75. The molecule has 0 radical (unpaired) electrons. The van der Waals surface area contributed by atoms with Crippen LogP contribution in [0.1, 0.15) is 6.92 Å². The topological polar surface area (TPSA) is 93.9 Å². The van der Waals surface area contributed by atoms with Crippen LogP contribution in [0.5, 0.6) is 5.75 Å². The number of aromatic amines is 1. The number of nitrogens with one attached hydrogen (secondary N) is 1. The van der Waals surface area contributed by atoms with Crippen LogP contribution in [-0.4, -0.2) is 33.4 Å². The number of primary amides is 1. The Bertz CT molecular complexity index is 567. The molecule has 1 heterocycles. The van der Waals surface area contributed by atoms with Crippen molar-refractivity contribution in [3.05, 3.63) is 24.3 Å². The number of H-pyrrole nitrogens is 1. The number of hydrogen-bond donors (Lipinski definition) is 2. The van der Waals surface area contributed by atoms with Gasteiger partial charge < -0.3 is 10.5 Å². The maximum atomic E-state index is 11.0. The molecule has 0 aliphatic heterocycles. The van der Waals surface area contributed by atoms with Crippen LogP contribution in [-0.2, 0) is 4.79 Å². The summed E-state index contributed by atoms with van der Waals surface area (Å²) >= 11 is 1.22. The first-order valence-corrected chi connectivity index (χ1v) is 6.51. The number of thioether (sulfide) groups is 1. The highest BCUT2D eigenvalue weighted by atomic mass is 32.2. The van der Waals surface area contributed by atoms with Gasteiger partial charge in [0.05, 0.1) is 12.4 Å². The van der Waals surface area contributed by atoms with E-state index in [9.17, 15) is 4.79 Å². The number of carbonyl (C=O) groups excluding carboxylic acids is 1. The first-order chi connectivity index (χ1) is 9.10. The highest BCUT2D eigenvalue weighted by Gasteiger charge is 2.14. The molecular formula is C12H14N4O2S. The van der Waals surface area contributed by atoms with Gasteiger partial charge in [0, 0.05) is 5.56 Å². The molecule has 0 bridgehead atoms. The zero-order valence-electron chi connectivity index (χ0n) is 10.6. The van der Waals surface area contributed by atoms with E-state index in [2.05, 4.69) is 15.2 Å². The average Bonchev–Trinajstić information content (AvgIpc) is 2.87. The van der Waals surface area contributed by atoms with E-state index in [1.165, 1.54) is 11.8 Å². The standard InChI is InChI=1S/C12H14N4O2S/c1-7(10(13)17)19-12-14-11(15-16-12)8-3-5-9(18-2)6-4-8/h3-7H,1-2H3,(H2,13,17)(H,14,15,16)/t7-/m0/s1. The van der Waals surface area contributed by atoms with Crippen LogP contribution in [0.25, 0.3) is 11.4 Å². The van der Waals surface area contributed by atoms with Gasteiger partial charge in [0.25, 0.3) is 0 Å². The zero-order valence-corrected chi connectivity index (χ0v) is 11.4. The highest BCUT2D eigenvalue weighted by Crippen LogP contribution is 2.23. The van der Waals surface area contributed by atoms with Crippen molar-refractivity contribution in [1.82, 2.24) is 15.2 Å². The van der Waals surface area contributed by atoms with Crippen LogP contribution in [0, 0.1) is 0 Å². The summed E-state index contributed by atoms with van der Waals surface area (Å²) in [4.78, 5) is 15.3. The third kappa shape index (κ3) is 3.25. The Morgan fingerprint density at radius 1 is 1.42 bits per heavy atom. The van der Waals surface area contributed by atoms with Crippen molar-refractivity contribution in [3.63, 3.8) is 0 Å². The fourth-order valence-electron chi connectivity index (χ4n) is 1.39. The molecule has 6 nitrogen and oxygen atoms in total. The van der Waals surface area contributed by atoms with Crippen LogP contribution >= 0.6 is 11.8 Å². The van der Waals surface area contributed by atoms with E-state index < -0.39 is 0 Å². The van der Waals surface area contributed by atoms with E-state index in [0.717, 1.165) is 11.3 Å². The Labute approximate surface area is 114 Å². The van der Waals surface area contributed by atoms with Gasteiger partial charge in [-0.05, 0) is 31.2 Å². The van der Waals surface area contributed by atoms with Gasteiger partial charge in [-0.15, -0.1) is 5.10 Å². The molecular weight excluding hydrogens is 264 g/mol. The number of nitrogens with zero attached hydrogens (tertiary/aromatic N) is 2. The second-order valence-electron chi connectivity index (χ2n) is 3.86. The number of benzene rings is 1. The Morgan fingerprint density at radius 2 is 2.11 bits per heavy atom. The Hall–Kier alpha value is -2.02. The molecule has 2 rings (SSSR count). The van der Waals surface area contributed by atoms with Gasteiger partial charge in [0.1, 0.15) is 5.75 Å². The van der Waals surface area contributed by atoms with Gasteiger partial charge in [0.15, 0.2) is 5.82 Å². The second-order valence-corrected chi connectivity index (χ2v) is 5.17. The van der Waals surface area contributed by atoms with Crippen LogP contribution in [0.3, 0.4) is 0 Å². The van der Waals surface area contributed by atoms with E-state index in [0.29, 0.717) is 11.0 Å². The molecule has 1 amide bonds. The molecule has 2 aromatic rings. The predicted octanol–water partition coefficient (Wildman–Crippen LogP) is 1.45. The molecule has 0 saturated heterocycles. The van der Waals surface area contributed by atoms with Crippen molar-refractivity contribution in [2.45, 2.75) is 17.3 Å². The number of hydrogen-bond acceptors (Lipinski definition) is 5. The van der Waals surface area contributed by atoms with Crippen molar-refractivity contribution < 1.29 is 9.53 Å². The fraction of sp³-hybridized carbons (Fsp3) is 0.250. The lowest BCUT2D eigenvalue weighted by Gasteiger charge is -2.01. The Morgan fingerprint density at radius 3 is 2.68 bits per heavy atom. The van der Waals surface area contributed by atoms with E-state index in [-0.39, 0.29) is 11.2 Å². The van der Waals surface area contributed by atoms with Gasteiger partial charge in [-0.25, -0.2) is 4.98 Å². The van der Waals surface area contributed by atoms with E-state index >= 15 is 0 Å². The summed E-state index contributed by atoms with van der Waals surface area (Å²) in [6.07, 6.45) is 0. The number of rotatable bonds is 5. The molecule has 1 aromatic carbocycles. The van der Waals surface area contributed by atoms with Gasteiger partial charge >= 0.3 is 0 Å². The normalized spacial score (nSPS) is 12.1. The lowest BCUT2D eigenvalue weighted by Crippen LogP contribution is -2.22. The summed E-state index contributed by atoms with van der Waals surface area (Å²) in [5.74, 6) is 1.03. The summed E-state index contributed by atoms with van der Waals surface area (Å²) in [5.41, 5.74) is 6.09. The van der Waals surface area contributed by atoms with Crippen molar-refractivity contribution >= 4 is 17.7 Å². The predicted molar refractivity (Wildman–Crippen MR) is 72.9 cm³/mol. The largest absolute Gasteiger partial charge is 0.497 e. The number of aromatic nitrogens is 3. The lowest BCUT2D eigenvalue weighted by molar-refractivity contribution is -0.117. The van der Waals surface area contributed by atoms with E-state index in [4.69, 9.17) is 10.5 Å².